The van der Waals surface area contributed by atoms with Gasteiger partial charge in [-0.15, -0.1) is 0 Å². The fraction of sp³-hybridized carbons (Fsp3) is 0.875. The maximum absolute atomic E-state index is 8.33. The van der Waals surface area contributed by atoms with Gasteiger partial charge in [0.1, 0.15) is 0 Å². The lowest BCUT2D eigenvalue weighted by Gasteiger charge is -2.16. The lowest BCUT2D eigenvalue weighted by atomic mass is 10.3. The summed E-state index contributed by atoms with van der Waals surface area (Å²) >= 11 is 0. The summed E-state index contributed by atoms with van der Waals surface area (Å²) in [6, 6.07) is 0. The lowest BCUT2D eigenvalue weighted by Crippen LogP contribution is -2.32. The van der Waals surface area contributed by atoms with Gasteiger partial charge in [-0.2, -0.15) is 0 Å². The van der Waals surface area contributed by atoms with Crippen molar-refractivity contribution in [3.63, 3.8) is 0 Å². The highest BCUT2D eigenvalue weighted by atomic mass is 16.4. The monoisotopic (exact) mass is 188 g/mol. The molecule has 0 aliphatic rings. The summed E-state index contributed by atoms with van der Waals surface area (Å²) < 4.78 is 0. The van der Waals surface area contributed by atoms with Crippen molar-refractivity contribution in [2.45, 2.75) is 6.42 Å². The number of likely N-dealkylation sites (N-methyl/N-ethyl adjacent to an activating group) is 1. The Hall–Kier alpha value is -0.810. The van der Waals surface area contributed by atoms with E-state index in [1.165, 1.54) is 0 Å². The maximum atomic E-state index is 8.33. The van der Waals surface area contributed by atoms with Gasteiger partial charge in [0.15, 0.2) is 5.84 Å². The average molecular weight is 188 g/mol. The number of hydrogen-bond acceptors (Lipinski definition) is 4. The fourth-order valence-corrected chi connectivity index (χ4v) is 1.04. The number of hydrogen-bond donors (Lipinski definition) is 2. The molecule has 0 fully saturated rings. The molecule has 0 saturated heterocycles. The van der Waals surface area contributed by atoms with Gasteiger partial charge in [-0.05, 0) is 40.7 Å². The minimum absolute atomic E-state index is 0.257. The Balaban J connectivity index is 3.46. The van der Waals surface area contributed by atoms with E-state index in [2.05, 4.69) is 10.1 Å². The van der Waals surface area contributed by atoms with Crippen LogP contribution in [0.1, 0.15) is 6.42 Å². The molecule has 0 aliphatic carbocycles. The lowest BCUT2D eigenvalue weighted by molar-refractivity contribution is 0.302. The molecule has 0 spiro atoms. The van der Waals surface area contributed by atoms with Crippen molar-refractivity contribution in [2.75, 3.05) is 40.8 Å². The van der Waals surface area contributed by atoms with E-state index in [-0.39, 0.29) is 5.84 Å². The molecule has 5 nitrogen and oxygen atoms in total. The Kier molecular flexibility index (Phi) is 6.26. The highest BCUT2D eigenvalue weighted by molar-refractivity contribution is 5.81. The summed E-state index contributed by atoms with van der Waals surface area (Å²) in [7, 11) is 6.04. The zero-order valence-corrected chi connectivity index (χ0v) is 8.69. The van der Waals surface area contributed by atoms with Crippen LogP contribution in [0.15, 0.2) is 5.16 Å². The first kappa shape index (κ1) is 12.2. The molecule has 0 radical (unpaired) electrons. The van der Waals surface area contributed by atoms with E-state index in [4.69, 9.17) is 10.9 Å². The van der Waals surface area contributed by atoms with E-state index in [1.807, 2.05) is 26.0 Å². The van der Waals surface area contributed by atoms with Crippen molar-refractivity contribution in [1.29, 1.82) is 0 Å². The van der Waals surface area contributed by atoms with Crippen molar-refractivity contribution < 1.29 is 5.21 Å². The van der Waals surface area contributed by atoms with Crippen molar-refractivity contribution in [1.82, 2.24) is 9.80 Å². The SMILES string of the molecule is CN(C)CCCN(C)CC(N)=NO. The van der Waals surface area contributed by atoms with Gasteiger partial charge in [-0.3, -0.25) is 4.90 Å². The predicted molar refractivity (Wildman–Crippen MR) is 54.1 cm³/mol. The van der Waals surface area contributed by atoms with Crippen LogP contribution in [0.4, 0.5) is 0 Å². The number of oxime groups is 1. The van der Waals surface area contributed by atoms with E-state index < -0.39 is 0 Å². The normalized spacial score (nSPS) is 12.8. The van der Waals surface area contributed by atoms with Crippen LogP contribution in [0, 0.1) is 0 Å². The third-order valence-corrected chi connectivity index (χ3v) is 1.71. The number of amidine groups is 1. The van der Waals surface area contributed by atoms with Crippen molar-refractivity contribution in [3.05, 3.63) is 0 Å². The minimum Gasteiger partial charge on any atom is -0.409 e. The van der Waals surface area contributed by atoms with Gasteiger partial charge in [0.2, 0.25) is 0 Å². The molecule has 0 aromatic rings. The van der Waals surface area contributed by atoms with Crippen LogP contribution in [0.2, 0.25) is 0 Å². The Bertz CT molecular complexity index is 158. The quantitative estimate of drug-likeness (QED) is 0.258. The second kappa shape index (κ2) is 6.68. The van der Waals surface area contributed by atoms with Crippen molar-refractivity contribution in [3.8, 4) is 0 Å². The van der Waals surface area contributed by atoms with Gasteiger partial charge in [-0.25, -0.2) is 0 Å². The summed E-state index contributed by atoms with van der Waals surface area (Å²) in [5.74, 6) is 0.257. The fourth-order valence-electron chi connectivity index (χ4n) is 1.04. The molecular weight excluding hydrogens is 168 g/mol. The second-order valence-electron chi connectivity index (χ2n) is 3.49. The molecule has 0 aromatic heterocycles. The van der Waals surface area contributed by atoms with Crippen molar-refractivity contribution >= 4 is 5.84 Å². The Morgan fingerprint density at radius 2 is 1.92 bits per heavy atom. The van der Waals surface area contributed by atoms with Gasteiger partial charge in [-0.1, -0.05) is 5.16 Å². The molecule has 0 unspecified atom stereocenters. The first-order valence-corrected chi connectivity index (χ1v) is 4.36. The van der Waals surface area contributed by atoms with Crippen LogP contribution in [-0.2, 0) is 0 Å². The van der Waals surface area contributed by atoms with Crippen LogP contribution in [-0.4, -0.2) is 61.6 Å². The zero-order valence-electron chi connectivity index (χ0n) is 8.69. The smallest absolute Gasteiger partial charge is 0.153 e. The summed E-state index contributed by atoms with van der Waals surface area (Å²) in [5, 5.41) is 11.2. The van der Waals surface area contributed by atoms with Crippen LogP contribution in [0.5, 0.6) is 0 Å². The van der Waals surface area contributed by atoms with Crippen LogP contribution >= 0.6 is 0 Å². The highest BCUT2D eigenvalue weighted by Crippen LogP contribution is 1.88. The average Bonchev–Trinajstić information content (AvgIpc) is 2.03. The van der Waals surface area contributed by atoms with Crippen LogP contribution in [0.3, 0.4) is 0 Å². The van der Waals surface area contributed by atoms with Gasteiger partial charge in [0.25, 0.3) is 0 Å². The van der Waals surface area contributed by atoms with Gasteiger partial charge in [0, 0.05) is 0 Å². The predicted octanol–water partition coefficient (Wildman–Crippen LogP) is -0.384. The van der Waals surface area contributed by atoms with E-state index in [9.17, 15) is 0 Å². The Morgan fingerprint density at radius 1 is 1.31 bits per heavy atom. The summed E-state index contributed by atoms with van der Waals surface area (Å²) in [6.07, 6.45) is 1.09. The van der Waals surface area contributed by atoms with E-state index >= 15 is 0 Å². The molecule has 0 rings (SSSR count). The van der Waals surface area contributed by atoms with Crippen LogP contribution < -0.4 is 5.73 Å². The molecule has 5 heteroatoms. The summed E-state index contributed by atoms with van der Waals surface area (Å²) in [5.41, 5.74) is 5.35. The van der Waals surface area contributed by atoms with Crippen molar-refractivity contribution in [2.24, 2.45) is 10.9 Å². The number of nitrogens with zero attached hydrogens (tertiary/aromatic N) is 3. The summed E-state index contributed by atoms with van der Waals surface area (Å²) in [6.45, 7) is 2.53. The van der Waals surface area contributed by atoms with E-state index in [0.717, 1.165) is 19.5 Å². The third-order valence-electron chi connectivity index (χ3n) is 1.71. The first-order chi connectivity index (χ1) is 6.06. The van der Waals surface area contributed by atoms with E-state index in [0.29, 0.717) is 6.54 Å². The molecule has 0 heterocycles. The highest BCUT2D eigenvalue weighted by Gasteiger charge is 2.01. The molecule has 78 valence electrons. The number of rotatable bonds is 6. The molecule has 0 aromatic carbocycles. The Morgan fingerprint density at radius 3 is 2.38 bits per heavy atom. The topological polar surface area (TPSA) is 65.1 Å². The molecule has 0 atom stereocenters. The molecule has 0 aliphatic heterocycles. The zero-order chi connectivity index (χ0) is 10.3. The molecule has 0 saturated carbocycles. The molecule has 13 heavy (non-hydrogen) atoms. The standard InChI is InChI=1S/C8H20N4O/c1-11(2)5-4-6-12(3)7-8(9)10-13/h13H,4-7H2,1-3H3,(H2,9,10). The molecular formula is C8H20N4O. The largest absolute Gasteiger partial charge is 0.409 e. The maximum Gasteiger partial charge on any atom is 0.153 e. The molecule has 0 amide bonds. The minimum atomic E-state index is 0.257. The Labute approximate surface area is 79.8 Å². The van der Waals surface area contributed by atoms with Crippen LogP contribution in [0.25, 0.3) is 0 Å². The van der Waals surface area contributed by atoms with E-state index in [1.54, 1.807) is 0 Å². The van der Waals surface area contributed by atoms with Gasteiger partial charge < -0.3 is 15.8 Å². The second-order valence-corrected chi connectivity index (χ2v) is 3.49. The molecule has 0 bridgehead atoms. The summed E-state index contributed by atoms with van der Waals surface area (Å²) in [4.78, 5) is 4.16. The number of nitrogens with two attached hydrogens (primary N) is 1. The van der Waals surface area contributed by atoms with Gasteiger partial charge in [0.05, 0.1) is 6.54 Å². The first-order valence-electron chi connectivity index (χ1n) is 4.36. The van der Waals surface area contributed by atoms with Gasteiger partial charge >= 0.3 is 0 Å². The molecule has 3 N–H and O–H groups in total. The third kappa shape index (κ3) is 7.55.